The Balaban J connectivity index is 3.16. The van der Waals surface area contributed by atoms with Gasteiger partial charge in [-0.25, -0.2) is 9.59 Å². The Morgan fingerprint density at radius 2 is 1.53 bits per heavy atom. The van der Waals surface area contributed by atoms with Crippen molar-refractivity contribution in [2.45, 2.75) is 115 Å². The average molecular weight is 738 g/mol. The first kappa shape index (κ1) is 46.3. The molecule has 0 aliphatic rings. The Bertz CT molecular complexity index is 1390. The molecule has 11 nitrogen and oxygen atoms in total. The fourth-order valence-corrected chi connectivity index (χ4v) is 5.42. The second-order valence-electron chi connectivity index (χ2n) is 12.7. The number of esters is 3. The van der Waals surface area contributed by atoms with Crippen LogP contribution in [0.4, 0.5) is 0 Å². The molecule has 1 aromatic rings. The van der Waals surface area contributed by atoms with Crippen LogP contribution < -0.4 is 10.1 Å². The number of rotatable bonds is 29. The van der Waals surface area contributed by atoms with Gasteiger partial charge in [-0.05, 0) is 50.3 Å². The summed E-state index contributed by atoms with van der Waals surface area (Å²) >= 11 is 0. The van der Waals surface area contributed by atoms with E-state index in [1.54, 1.807) is 37.3 Å². The van der Waals surface area contributed by atoms with Crippen LogP contribution in [0.2, 0.25) is 0 Å². The number of benzene rings is 1. The van der Waals surface area contributed by atoms with Crippen LogP contribution in [-0.2, 0) is 44.6 Å². The normalized spacial score (nSPS) is 13.0. The molecule has 53 heavy (non-hydrogen) atoms. The molecule has 1 rings (SSSR count). The van der Waals surface area contributed by atoms with Crippen LogP contribution in [0.3, 0.4) is 0 Å². The lowest BCUT2D eigenvalue weighted by atomic mass is 9.82. The first-order valence-corrected chi connectivity index (χ1v) is 18.5. The molecule has 0 heterocycles. The standard InChI is InChI=1S/C42H59NO10/c1-6-10-12-15-18-21-34(44)22-19-16-13-14-17-20-23-36(42(49,41(48)53-29-9-4)32-38(45)52-28-8-3)39(46)43-37(40(47)50-5)31-33-24-26-35(27-25-33)51-30-11-7-2/h8-9,20,23-27,36-37,49H,3-4,6,10,12-19,21-22,28-32H2,1-2,5H3,(H,43,46)/b23-20+/t36-,37+,42+/m1/s1. The van der Waals surface area contributed by atoms with Gasteiger partial charge in [0.25, 0.3) is 0 Å². The Kier molecular flexibility index (Phi) is 24.4. The summed E-state index contributed by atoms with van der Waals surface area (Å²) in [5.41, 5.74) is -2.05. The van der Waals surface area contributed by atoms with Crippen molar-refractivity contribution in [3.05, 3.63) is 67.3 Å². The molecule has 0 aliphatic carbocycles. The maximum Gasteiger partial charge on any atom is 0.340 e. The van der Waals surface area contributed by atoms with Gasteiger partial charge in [-0.3, -0.25) is 14.4 Å². The molecular formula is C42H59NO10. The smallest absolute Gasteiger partial charge is 0.340 e. The fraction of sp³-hybridized carbons (Fsp3) is 0.548. The number of allylic oxidation sites excluding steroid dienone is 1. The van der Waals surface area contributed by atoms with Gasteiger partial charge in [-0.1, -0.05) is 101 Å². The Hall–Kier alpha value is -4.69. The van der Waals surface area contributed by atoms with E-state index in [4.69, 9.17) is 18.9 Å². The Labute approximate surface area is 315 Å². The molecule has 0 spiro atoms. The highest BCUT2D eigenvalue weighted by Crippen LogP contribution is 2.28. The summed E-state index contributed by atoms with van der Waals surface area (Å²) in [5, 5.41) is 14.4. The molecule has 0 aliphatic heterocycles. The zero-order valence-electron chi connectivity index (χ0n) is 31.8. The number of Topliss-reactive ketones (excluding diaryl/α,β-unsaturated/α-hetero) is 1. The van der Waals surface area contributed by atoms with Crippen LogP contribution in [0.25, 0.3) is 0 Å². The van der Waals surface area contributed by atoms with Crippen molar-refractivity contribution in [3.63, 3.8) is 0 Å². The van der Waals surface area contributed by atoms with E-state index in [9.17, 15) is 29.1 Å². The molecule has 0 bridgehead atoms. The van der Waals surface area contributed by atoms with Gasteiger partial charge < -0.3 is 29.4 Å². The number of methoxy groups -OCH3 is 1. The topological polar surface area (TPSA) is 155 Å². The Morgan fingerprint density at radius 1 is 0.906 bits per heavy atom. The third kappa shape index (κ3) is 19.1. The molecule has 0 fully saturated rings. The molecule has 3 atom stereocenters. The van der Waals surface area contributed by atoms with Gasteiger partial charge in [-0.2, -0.15) is 0 Å². The second kappa shape index (κ2) is 27.9. The van der Waals surface area contributed by atoms with Crippen molar-refractivity contribution in [1.29, 1.82) is 0 Å². The van der Waals surface area contributed by atoms with Gasteiger partial charge in [0.15, 0.2) is 5.60 Å². The van der Waals surface area contributed by atoms with E-state index in [1.165, 1.54) is 44.6 Å². The predicted octanol–water partition coefficient (Wildman–Crippen LogP) is 6.31. The number of nitrogens with one attached hydrogen (secondary N) is 1. The third-order valence-electron chi connectivity index (χ3n) is 8.38. The quantitative estimate of drug-likeness (QED) is 0.0314. The minimum atomic E-state index is -2.71. The minimum absolute atomic E-state index is 0.00592. The summed E-state index contributed by atoms with van der Waals surface area (Å²) < 4.78 is 20.7. The lowest BCUT2D eigenvalue weighted by molar-refractivity contribution is -0.177. The van der Waals surface area contributed by atoms with Gasteiger partial charge in [0.2, 0.25) is 5.91 Å². The van der Waals surface area contributed by atoms with E-state index in [-0.39, 0.29) is 26.2 Å². The summed E-state index contributed by atoms with van der Waals surface area (Å²) in [5.74, 6) is 0.830. The van der Waals surface area contributed by atoms with Crippen molar-refractivity contribution in [1.82, 2.24) is 5.32 Å². The summed E-state index contributed by atoms with van der Waals surface area (Å²) in [7, 11) is 1.17. The van der Waals surface area contributed by atoms with Crippen LogP contribution in [0, 0.1) is 17.8 Å². The number of aliphatic hydroxyl groups is 1. The van der Waals surface area contributed by atoms with Crippen molar-refractivity contribution in [2.75, 3.05) is 26.9 Å². The largest absolute Gasteiger partial charge is 0.481 e. The number of unbranched alkanes of at least 4 members (excludes halogenated alkanes) is 8. The maximum atomic E-state index is 14.0. The Morgan fingerprint density at radius 3 is 2.13 bits per heavy atom. The summed E-state index contributed by atoms with van der Waals surface area (Å²) in [6.07, 6.45) is 15.1. The third-order valence-corrected chi connectivity index (χ3v) is 8.38. The summed E-state index contributed by atoms with van der Waals surface area (Å²) in [4.78, 5) is 65.2. The molecule has 0 saturated carbocycles. The minimum Gasteiger partial charge on any atom is -0.481 e. The van der Waals surface area contributed by atoms with E-state index in [0.717, 1.165) is 32.1 Å². The van der Waals surface area contributed by atoms with E-state index in [1.807, 2.05) is 0 Å². The molecular weight excluding hydrogens is 678 g/mol. The van der Waals surface area contributed by atoms with Crippen molar-refractivity contribution in [2.24, 2.45) is 5.92 Å². The number of amides is 1. The number of carbonyl (C=O) groups is 5. The van der Waals surface area contributed by atoms with E-state index < -0.39 is 47.8 Å². The second-order valence-corrected chi connectivity index (χ2v) is 12.7. The van der Waals surface area contributed by atoms with Gasteiger partial charge in [0, 0.05) is 19.3 Å². The fourth-order valence-electron chi connectivity index (χ4n) is 5.42. The van der Waals surface area contributed by atoms with Crippen LogP contribution in [0.15, 0.2) is 61.7 Å². The van der Waals surface area contributed by atoms with Crippen LogP contribution in [-0.4, -0.2) is 73.3 Å². The van der Waals surface area contributed by atoms with Crippen molar-refractivity contribution in [3.8, 4) is 17.6 Å². The van der Waals surface area contributed by atoms with Gasteiger partial charge in [0.05, 0.1) is 19.4 Å². The van der Waals surface area contributed by atoms with Gasteiger partial charge >= 0.3 is 17.9 Å². The summed E-state index contributed by atoms with van der Waals surface area (Å²) in [6, 6.07) is 5.62. The molecule has 1 amide bonds. The van der Waals surface area contributed by atoms with Crippen molar-refractivity contribution >= 4 is 29.6 Å². The molecule has 0 aromatic heterocycles. The van der Waals surface area contributed by atoms with E-state index in [2.05, 4.69) is 37.2 Å². The molecule has 0 radical (unpaired) electrons. The highest BCUT2D eigenvalue weighted by molar-refractivity contribution is 5.95. The zero-order chi connectivity index (χ0) is 39.3. The van der Waals surface area contributed by atoms with Crippen LogP contribution >= 0.6 is 0 Å². The molecule has 0 unspecified atom stereocenters. The number of hydrogen-bond donors (Lipinski definition) is 2. The SMILES string of the molecule is C=CCOC(=O)C[C@@](O)(C(=O)OCC=C)[C@H](/C=C/CCCCCCC(=O)CCCCCCC)C(=O)N[C@@H](Cc1ccc(OCC#CC)cc1)C(=O)OC. The van der Waals surface area contributed by atoms with Crippen molar-refractivity contribution < 1.29 is 48.0 Å². The predicted molar refractivity (Wildman–Crippen MR) is 204 cm³/mol. The molecule has 0 saturated heterocycles. The number of ketones is 1. The lowest BCUT2D eigenvalue weighted by Crippen LogP contribution is -2.56. The first-order chi connectivity index (χ1) is 25.6. The zero-order valence-corrected chi connectivity index (χ0v) is 31.8. The van der Waals surface area contributed by atoms with E-state index >= 15 is 0 Å². The lowest BCUT2D eigenvalue weighted by Gasteiger charge is -2.31. The highest BCUT2D eigenvalue weighted by Gasteiger charge is 2.50. The molecule has 292 valence electrons. The van der Waals surface area contributed by atoms with Gasteiger partial charge in [0.1, 0.15) is 37.4 Å². The molecule has 11 heteroatoms. The summed E-state index contributed by atoms with van der Waals surface area (Å²) in [6.45, 7) is 10.6. The number of carbonyl (C=O) groups excluding carboxylic acids is 5. The van der Waals surface area contributed by atoms with E-state index in [0.29, 0.717) is 42.8 Å². The maximum absolute atomic E-state index is 14.0. The van der Waals surface area contributed by atoms with Crippen LogP contribution in [0.1, 0.15) is 103 Å². The number of ether oxygens (including phenoxy) is 4. The monoisotopic (exact) mass is 737 g/mol. The highest BCUT2D eigenvalue weighted by atomic mass is 16.6. The van der Waals surface area contributed by atoms with Crippen LogP contribution in [0.5, 0.6) is 5.75 Å². The first-order valence-electron chi connectivity index (χ1n) is 18.5. The van der Waals surface area contributed by atoms with Gasteiger partial charge in [-0.15, -0.1) is 5.92 Å². The molecule has 2 N–H and O–H groups in total. The molecule has 1 aromatic carbocycles. The average Bonchev–Trinajstić information content (AvgIpc) is 3.15. The number of hydrogen-bond acceptors (Lipinski definition) is 10.